The van der Waals surface area contributed by atoms with Crippen molar-refractivity contribution in [2.75, 3.05) is 6.61 Å². The van der Waals surface area contributed by atoms with Gasteiger partial charge in [0.15, 0.2) is 0 Å². The molecule has 0 radical (unpaired) electrons. The molecule has 0 aromatic heterocycles. The molecule has 0 bridgehead atoms. The third kappa shape index (κ3) is 3.22. The molecule has 0 amide bonds. The lowest BCUT2D eigenvalue weighted by atomic mass is 10.1. The number of rotatable bonds is 6. The van der Waals surface area contributed by atoms with E-state index in [4.69, 9.17) is 5.11 Å². The monoisotopic (exact) mass is 221 g/mol. The van der Waals surface area contributed by atoms with Crippen LogP contribution in [0.15, 0.2) is 24.3 Å². The van der Waals surface area contributed by atoms with Gasteiger partial charge in [-0.05, 0) is 42.9 Å². The summed E-state index contributed by atoms with van der Waals surface area (Å²) < 4.78 is 0. The number of hydrogen-bond donors (Lipinski definition) is 3. The third-order valence-electron chi connectivity index (χ3n) is 3.11. The molecule has 1 unspecified atom stereocenters. The first kappa shape index (κ1) is 11.4. The molecule has 1 saturated carbocycles. The van der Waals surface area contributed by atoms with Crippen molar-refractivity contribution >= 4 is 0 Å². The molecule has 0 saturated heterocycles. The molecule has 16 heavy (non-hydrogen) atoms. The fourth-order valence-electron chi connectivity index (χ4n) is 2.06. The fraction of sp³-hybridized carbons (Fsp3) is 0.538. The molecule has 1 atom stereocenters. The molecule has 1 aromatic rings. The van der Waals surface area contributed by atoms with Gasteiger partial charge in [-0.3, -0.25) is 0 Å². The highest BCUT2D eigenvalue weighted by molar-refractivity contribution is 5.26. The van der Waals surface area contributed by atoms with E-state index >= 15 is 0 Å². The molecule has 1 aromatic carbocycles. The van der Waals surface area contributed by atoms with Gasteiger partial charge in [0.05, 0.1) is 0 Å². The van der Waals surface area contributed by atoms with Gasteiger partial charge in [0, 0.05) is 19.2 Å². The summed E-state index contributed by atoms with van der Waals surface area (Å²) in [7, 11) is 0. The van der Waals surface area contributed by atoms with Crippen molar-refractivity contribution in [2.45, 2.75) is 31.8 Å². The molecular formula is C13H19NO2. The quantitative estimate of drug-likeness (QED) is 0.684. The van der Waals surface area contributed by atoms with Crippen LogP contribution in [0.4, 0.5) is 0 Å². The van der Waals surface area contributed by atoms with Gasteiger partial charge in [0.25, 0.3) is 0 Å². The van der Waals surface area contributed by atoms with Gasteiger partial charge < -0.3 is 15.5 Å². The van der Waals surface area contributed by atoms with E-state index in [1.54, 1.807) is 12.1 Å². The zero-order chi connectivity index (χ0) is 11.4. The van der Waals surface area contributed by atoms with E-state index in [0.717, 1.165) is 24.4 Å². The zero-order valence-electron chi connectivity index (χ0n) is 9.39. The molecule has 0 aliphatic heterocycles. The minimum Gasteiger partial charge on any atom is -0.508 e. The average Bonchev–Trinajstić information content (AvgIpc) is 3.08. The summed E-state index contributed by atoms with van der Waals surface area (Å²) in [6, 6.07) is 7.72. The van der Waals surface area contributed by atoms with Crippen molar-refractivity contribution in [3.63, 3.8) is 0 Å². The Labute approximate surface area is 96.1 Å². The Morgan fingerprint density at radius 3 is 2.81 bits per heavy atom. The molecule has 3 N–H and O–H groups in total. The van der Waals surface area contributed by atoms with Crippen LogP contribution >= 0.6 is 0 Å². The number of phenolic OH excluding ortho intramolecular Hbond substituents is 1. The van der Waals surface area contributed by atoms with Crippen LogP contribution in [-0.4, -0.2) is 22.9 Å². The summed E-state index contributed by atoms with van der Waals surface area (Å²) in [6.07, 6.45) is 3.37. The third-order valence-corrected chi connectivity index (χ3v) is 3.11. The van der Waals surface area contributed by atoms with Gasteiger partial charge in [-0.15, -0.1) is 0 Å². The summed E-state index contributed by atoms with van der Waals surface area (Å²) in [5.74, 6) is 1.05. The van der Waals surface area contributed by atoms with E-state index in [2.05, 4.69) is 5.32 Å². The number of benzene rings is 1. The van der Waals surface area contributed by atoms with Crippen LogP contribution in [0.1, 0.15) is 24.8 Å². The second kappa shape index (κ2) is 5.32. The lowest BCUT2D eigenvalue weighted by molar-refractivity contribution is 0.255. The van der Waals surface area contributed by atoms with Crippen LogP contribution in [-0.2, 0) is 6.54 Å². The van der Waals surface area contributed by atoms with E-state index in [0.29, 0.717) is 11.8 Å². The number of nitrogens with one attached hydrogen (secondary N) is 1. The number of phenols is 1. The number of aliphatic hydroxyl groups excluding tert-OH is 1. The standard InChI is InChI=1S/C13H19NO2/c15-7-6-13(11-4-5-11)14-9-10-2-1-3-12(16)8-10/h1-3,8,11,13-16H,4-7,9H2. The predicted molar refractivity (Wildman–Crippen MR) is 63.2 cm³/mol. The van der Waals surface area contributed by atoms with E-state index in [1.165, 1.54) is 12.8 Å². The topological polar surface area (TPSA) is 52.5 Å². The lowest BCUT2D eigenvalue weighted by Gasteiger charge is -2.17. The summed E-state index contributed by atoms with van der Waals surface area (Å²) in [5.41, 5.74) is 1.09. The largest absolute Gasteiger partial charge is 0.508 e. The van der Waals surface area contributed by atoms with Gasteiger partial charge in [0.2, 0.25) is 0 Å². The highest BCUT2D eigenvalue weighted by Crippen LogP contribution is 2.34. The Bertz CT molecular complexity index is 336. The van der Waals surface area contributed by atoms with Crippen molar-refractivity contribution in [3.05, 3.63) is 29.8 Å². The Kier molecular flexibility index (Phi) is 3.80. The fourth-order valence-corrected chi connectivity index (χ4v) is 2.06. The van der Waals surface area contributed by atoms with Crippen molar-refractivity contribution in [1.29, 1.82) is 0 Å². The molecule has 1 fully saturated rings. The minimum absolute atomic E-state index is 0.244. The van der Waals surface area contributed by atoms with Crippen LogP contribution in [0, 0.1) is 5.92 Å². The van der Waals surface area contributed by atoms with E-state index < -0.39 is 0 Å². The Morgan fingerprint density at radius 1 is 1.38 bits per heavy atom. The maximum Gasteiger partial charge on any atom is 0.115 e. The molecule has 1 aliphatic carbocycles. The van der Waals surface area contributed by atoms with Gasteiger partial charge in [-0.1, -0.05) is 12.1 Å². The minimum atomic E-state index is 0.244. The molecule has 3 nitrogen and oxygen atoms in total. The van der Waals surface area contributed by atoms with Crippen molar-refractivity contribution in [3.8, 4) is 5.75 Å². The summed E-state index contributed by atoms with van der Waals surface area (Å²) in [4.78, 5) is 0. The van der Waals surface area contributed by atoms with Crippen molar-refractivity contribution < 1.29 is 10.2 Å². The van der Waals surface area contributed by atoms with Crippen LogP contribution < -0.4 is 5.32 Å². The van der Waals surface area contributed by atoms with Crippen LogP contribution in [0.3, 0.4) is 0 Å². The van der Waals surface area contributed by atoms with Gasteiger partial charge in [0.1, 0.15) is 5.75 Å². The van der Waals surface area contributed by atoms with Crippen LogP contribution in [0.25, 0.3) is 0 Å². The molecule has 88 valence electrons. The maximum absolute atomic E-state index is 9.34. The number of aliphatic hydroxyl groups is 1. The molecule has 0 heterocycles. The lowest BCUT2D eigenvalue weighted by Crippen LogP contribution is -2.31. The number of aromatic hydroxyl groups is 1. The van der Waals surface area contributed by atoms with E-state index in [9.17, 15) is 5.11 Å². The van der Waals surface area contributed by atoms with Crippen molar-refractivity contribution in [2.24, 2.45) is 5.92 Å². The van der Waals surface area contributed by atoms with E-state index in [1.807, 2.05) is 12.1 Å². The Balaban J connectivity index is 1.85. The summed E-state index contributed by atoms with van der Waals surface area (Å²) in [6.45, 7) is 1.00. The summed E-state index contributed by atoms with van der Waals surface area (Å²) >= 11 is 0. The maximum atomic E-state index is 9.34. The molecule has 0 spiro atoms. The van der Waals surface area contributed by atoms with Crippen molar-refractivity contribution in [1.82, 2.24) is 5.32 Å². The molecule has 3 heteroatoms. The highest BCUT2D eigenvalue weighted by Gasteiger charge is 2.30. The molecular weight excluding hydrogens is 202 g/mol. The number of hydrogen-bond acceptors (Lipinski definition) is 3. The normalized spacial score (nSPS) is 17.3. The first-order chi connectivity index (χ1) is 7.79. The average molecular weight is 221 g/mol. The second-order valence-electron chi connectivity index (χ2n) is 4.51. The first-order valence-electron chi connectivity index (χ1n) is 5.92. The highest BCUT2D eigenvalue weighted by atomic mass is 16.3. The Hall–Kier alpha value is -1.06. The first-order valence-corrected chi connectivity index (χ1v) is 5.92. The van der Waals surface area contributed by atoms with Gasteiger partial charge >= 0.3 is 0 Å². The molecule has 2 rings (SSSR count). The Morgan fingerprint density at radius 2 is 2.19 bits per heavy atom. The smallest absolute Gasteiger partial charge is 0.115 e. The van der Waals surface area contributed by atoms with Crippen LogP contribution in [0.5, 0.6) is 5.75 Å². The molecule has 1 aliphatic rings. The predicted octanol–water partition coefficient (Wildman–Crippen LogP) is 1.64. The van der Waals surface area contributed by atoms with Gasteiger partial charge in [-0.2, -0.15) is 0 Å². The second-order valence-corrected chi connectivity index (χ2v) is 4.51. The van der Waals surface area contributed by atoms with E-state index in [-0.39, 0.29) is 6.61 Å². The van der Waals surface area contributed by atoms with Gasteiger partial charge in [-0.25, -0.2) is 0 Å². The summed E-state index contributed by atoms with van der Waals surface area (Å²) in [5, 5.41) is 21.8. The zero-order valence-corrected chi connectivity index (χ0v) is 9.39. The van der Waals surface area contributed by atoms with Crippen LogP contribution in [0.2, 0.25) is 0 Å². The SMILES string of the molecule is OCCC(NCc1cccc(O)c1)C1CC1.